The van der Waals surface area contributed by atoms with Gasteiger partial charge in [-0.15, -0.1) is 0 Å². The Balaban J connectivity index is 1.19. The molecule has 180 valence electrons. The molecule has 0 aliphatic carbocycles. The molecule has 1 saturated heterocycles. The maximum Gasteiger partial charge on any atom is 0.205 e. The van der Waals surface area contributed by atoms with Gasteiger partial charge in [-0.2, -0.15) is 0 Å². The van der Waals surface area contributed by atoms with Crippen LogP contribution in [0, 0.1) is 6.57 Å². The van der Waals surface area contributed by atoms with Gasteiger partial charge in [0.25, 0.3) is 0 Å². The van der Waals surface area contributed by atoms with Gasteiger partial charge in [-0.3, -0.25) is 9.88 Å². The van der Waals surface area contributed by atoms with E-state index >= 15 is 0 Å². The molecular formula is C31H30N4O. The molecule has 2 heterocycles. The monoisotopic (exact) mass is 474 g/mol. The highest BCUT2D eigenvalue weighted by Crippen LogP contribution is 2.33. The highest BCUT2D eigenvalue weighted by atomic mass is 16.5. The van der Waals surface area contributed by atoms with Crippen LogP contribution in [-0.4, -0.2) is 42.2 Å². The molecule has 0 spiro atoms. The third kappa shape index (κ3) is 6.05. The number of hydrogen-bond acceptors (Lipinski definition) is 4. The zero-order chi connectivity index (χ0) is 24.6. The van der Waals surface area contributed by atoms with Crippen LogP contribution in [0.3, 0.4) is 0 Å². The van der Waals surface area contributed by atoms with Crippen LogP contribution in [-0.2, 0) is 17.8 Å². The molecule has 5 rings (SSSR count). The lowest BCUT2D eigenvalue weighted by Gasteiger charge is -2.33. The van der Waals surface area contributed by atoms with E-state index in [1.54, 1.807) is 6.20 Å². The lowest BCUT2D eigenvalue weighted by atomic mass is 9.98. The number of morpholine rings is 1. The standard InChI is InChI=1S/C31H30N4O/c1-32-28-18-30(26-10-6-3-7-11-26)31(34-20-28)27-14-12-24(13-15-27)19-33-21-29-23-35(16-17-36-29)22-25-8-4-2-5-9-25/h2-15,18,20,29,33H,16-17,19,21-23H2. The molecule has 5 heteroatoms. The van der Waals surface area contributed by atoms with Crippen LogP contribution in [0.5, 0.6) is 0 Å². The molecule has 0 radical (unpaired) electrons. The average Bonchev–Trinajstić information content (AvgIpc) is 2.94. The van der Waals surface area contributed by atoms with E-state index in [0.717, 1.165) is 61.7 Å². The number of ether oxygens (including phenoxy) is 1. The first-order chi connectivity index (χ1) is 17.8. The third-order valence-electron chi connectivity index (χ3n) is 6.49. The van der Waals surface area contributed by atoms with Crippen molar-refractivity contribution in [3.8, 4) is 22.4 Å². The molecule has 1 fully saturated rings. The van der Waals surface area contributed by atoms with Gasteiger partial charge < -0.3 is 10.1 Å². The normalized spacial score (nSPS) is 15.9. The number of hydrogen-bond donors (Lipinski definition) is 1. The largest absolute Gasteiger partial charge is 0.374 e. The van der Waals surface area contributed by atoms with Crippen molar-refractivity contribution in [2.45, 2.75) is 19.2 Å². The summed E-state index contributed by atoms with van der Waals surface area (Å²) in [4.78, 5) is 10.7. The van der Waals surface area contributed by atoms with Gasteiger partial charge >= 0.3 is 0 Å². The predicted molar refractivity (Wildman–Crippen MR) is 145 cm³/mol. The van der Waals surface area contributed by atoms with Crippen LogP contribution in [0.4, 0.5) is 5.69 Å². The van der Waals surface area contributed by atoms with E-state index in [2.05, 4.69) is 86.8 Å². The van der Waals surface area contributed by atoms with Crippen molar-refractivity contribution >= 4 is 5.69 Å². The molecule has 36 heavy (non-hydrogen) atoms. The minimum Gasteiger partial charge on any atom is -0.374 e. The van der Waals surface area contributed by atoms with Gasteiger partial charge in [-0.1, -0.05) is 84.9 Å². The number of benzene rings is 3. The van der Waals surface area contributed by atoms with Crippen LogP contribution in [0.2, 0.25) is 0 Å². The zero-order valence-electron chi connectivity index (χ0n) is 20.3. The number of nitrogens with one attached hydrogen (secondary N) is 1. The summed E-state index contributed by atoms with van der Waals surface area (Å²) in [7, 11) is 0. The number of rotatable bonds is 8. The summed E-state index contributed by atoms with van der Waals surface area (Å²) in [5.74, 6) is 0. The van der Waals surface area contributed by atoms with E-state index in [-0.39, 0.29) is 6.10 Å². The van der Waals surface area contributed by atoms with E-state index < -0.39 is 0 Å². The quantitative estimate of drug-likeness (QED) is 0.320. The lowest BCUT2D eigenvalue weighted by molar-refractivity contribution is -0.0300. The molecule has 0 saturated carbocycles. The summed E-state index contributed by atoms with van der Waals surface area (Å²) >= 11 is 0. The summed E-state index contributed by atoms with van der Waals surface area (Å²) < 4.78 is 6.00. The van der Waals surface area contributed by atoms with E-state index in [4.69, 9.17) is 11.3 Å². The Morgan fingerprint density at radius 3 is 2.42 bits per heavy atom. The second-order valence-electron chi connectivity index (χ2n) is 9.11. The maximum absolute atomic E-state index is 7.37. The Kier molecular flexibility index (Phi) is 7.80. The first-order valence-electron chi connectivity index (χ1n) is 12.4. The molecule has 0 amide bonds. The highest BCUT2D eigenvalue weighted by Gasteiger charge is 2.20. The molecule has 1 unspecified atom stereocenters. The molecule has 1 atom stereocenters. The summed E-state index contributed by atoms with van der Waals surface area (Å²) in [6, 6.07) is 31.2. The topological polar surface area (TPSA) is 41.8 Å². The number of nitrogens with zero attached hydrogens (tertiary/aromatic N) is 3. The second-order valence-corrected chi connectivity index (χ2v) is 9.11. The summed E-state index contributed by atoms with van der Waals surface area (Å²) in [5, 5.41) is 3.57. The van der Waals surface area contributed by atoms with Gasteiger partial charge in [0, 0.05) is 44.5 Å². The van der Waals surface area contributed by atoms with Gasteiger partial charge in [0.2, 0.25) is 5.69 Å². The number of aromatic nitrogens is 1. The van der Waals surface area contributed by atoms with Crippen LogP contribution >= 0.6 is 0 Å². The molecule has 5 nitrogen and oxygen atoms in total. The van der Waals surface area contributed by atoms with E-state index in [1.807, 2.05) is 24.3 Å². The fourth-order valence-corrected chi connectivity index (χ4v) is 4.63. The SMILES string of the molecule is [C-]#[N+]c1cnc(-c2ccc(CNCC3CN(Cc4ccccc4)CCO3)cc2)c(-c2ccccc2)c1. The van der Waals surface area contributed by atoms with Gasteiger partial charge in [-0.25, -0.2) is 4.85 Å². The van der Waals surface area contributed by atoms with E-state index in [1.165, 1.54) is 11.1 Å². The Morgan fingerprint density at radius 2 is 1.67 bits per heavy atom. The van der Waals surface area contributed by atoms with Gasteiger partial charge in [0.05, 0.1) is 25.0 Å². The molecule has 0 bridgehead atoms. The lowest BCUT2D eigenvalue weighted by Crippen LogP contribution is -2.46. The van der Waals surface area contributed by atoms with Crippen molar-refractivity contribution in [3.63, 3.8) is 0 Å². The van der Waals surface area contributed by atoms with Crippen molar-refractivity contribution in [2.24, 2.45) is 0 Å². The minimum absolute atomic E-state index is 0.195. The van der Waals surface area contributed by atoms with Crippen LogP contribution in [0.1, 0.15) is 11.1 Å². The molecule has 1 N–H and O–H groups in total. The molecule has 1 aliphatic rings. The summed E-state index contributed by atoms with van der Waals surface area (Å²) in [6.45, 7) is 12.6. The van der Waals surface area contributed by atoms with Crippen LogP contribution < -0.4 is 5.32 Å². The van der Waals surface area contributed by atoms with Gasteiger partial charge in [0.15, 0.2) is 0 Å². The van der Waals surface area contributed by atoms with E-state index in [9.17, 15) is 0 Å². The van der Waals surface area contributed by atoms with Crippen molar-refractivity contribution in [1.29, 1.82) is 0 Å². The number of pyridine rings is 1. The predicted octanol–water partition coefficient (Wildman–Crippen LogP) is 5.96. The third-order valence-corrected chi connectivity index (χ3v) is 6.49. The molecule has 3 aromatic carbocycles. The zero-order valence-corrected chi connectivity index (χ0v) is 20.3. The fraction of sp³-hybridized carbons (Fsp3) is 0.226. The Labute approximate surface area is 213 Å². The van der Waals surface area contributed by atoms with Gasteiger partial charge in [-0.05, 0) is 28.3 Å². The summed E-state index contributed by atoms with van der Waals surface area (Å²) in [6.07, 6.45) is 1.84. The van der Waals surface area contributed by atoms with Crippen LogP contribution in [0.15, 0.2) is 97.2 Å². The molecular weight excluding hydrogens is 444 g/mol. The first-order valence-corrected chi connectivity index (χ1v) is 12.4. The molecule has 4 aromatic rings. The summed E-state index contributed by atoms with van der Waals surface area (Å²) in [5.41, 5.74) is 7.08. The van der Waals surface area contributed by atoms with Crippen molar-refractivity contribution in [1.82, 2.24) is 15.2 Å². The first kappa shape index (κ1) is 23.9. The minimum atomic E-state index is 0.195. The van der Waals surface area contributed by atoms with Crippen molar-refractivity contribution < 1.29 is 4.74 Å². The highest BCUT2D eigenvalue weighted by molar-refractivity contribution is 5.83. The second kappa shape index (κ2) is 11.7. The maximum atomic E-state index is 7.37. The van der Waals surface area contributed by atoms with E-state index in [0.29, 0.717) is 5.69 Å². The molecule has 1 aliphatic heterocycles. The molecule has 1 aromatic heterocycles. The van der Waals surface area contributed by atoms with Crippen molar-refractivity contribution in [2.75, 3.05) is 26.2 Å². The smallest absolute Gasteiger partial charge is 0.205 e. The van der Waals surface area contributed by atoms with Crippen LogP contribution in [0.25, 0.3) is 27.2 Å². The Morgan fingerprint density at radius 1 is 0.917 bits per heavy atom. The average molecular weight is 475 g/mol. The van der Waals surface area contributed by atoms with Gasteiger partial charge in [0.1, 0.15) is 0 Å². The Bertz CT molecular complexity index is 1300. The van der Waals surface area contributed by atoms with Crippen molar-refractivity contribution in [3.05, 3.63) is 120 Å². The fourth-order valence-electron chi connectivity index (χ4n) is 4.63. The Hall–Kier alpha value is -3.82.